The molecule has 4 heteroatoms. The number of nitrogens with zero attached hydrogens (tertiary/aromatic N) is 1. The average molecular weight is 358 g/mol. The summed E-state index contributed by atoms with van der Waals surface area (Å²) < 4.78 is 1.99. The molecule has 0 radical (unpaired) electrons. The van der Waals surface area contributed by atoms with Gasteiger partial charge in [-0.1, -0.05) is 49.4 Å². The van der Waals surface area contributed by atoms with Crippen molar-refractivity contribution in [1.82, 2.24) is 4.57 Å². The van der Waals surface area contributed by atoms with Gasteiger partial charge < -0.3 is 9.88 Å². The molecular formula is C23H22N2O2. The van der Waals surface area contributed by atoms with Crippen LogP contribution in [0.5, 0.6) is 0 Å². The maximum absolute atomic E-state index is 12.8. The molecule has 27 heavy (non-hydrogen) atoms. The monoisotopic (exact) mass is 358 g/mol. The van der Waals surface area contributed by atoms with Crippen molar-refractivity contribution >= 4 is 17.4 Å². The van der Waals surface area contributed by atoms with Crippen molar-refractivity contribution in [3.63, 3.8) is 0 Å². The van der Waals surface area contributed by atoms with E-state index in [2.05, 4.69) is 12.2 Å². The van der Waals surface area contributed by atoms with Crippen molar-refractivity contribution in [3.8, 4) is 0 Å². The minimum absolute atomic E-state index is 0.00179. The number of amides is 1. The van der Waals surface area contributed by atoms with Crippen LogP contribution in [0.15, 0.2) is 66.7 Å². The average Bonchev–Trinajstić information content (AvgIpc) is 3.31. The fourth-order valence-corrected chi connectivity index (χ4v) is 3.70. The summed E-state index contributed by atoms with van der Waals surface area (Å²) in [5, 5.41) is 3.01. The van der Waals surface area contributed by atoms with Crippen molar-refractivity contribution in [2.45, 2.75) is 32.2 Å². The molecule has 2 heterocycles. The van der Waals surface area contributed by atoms with Crippen LogP contribution in [0.2, 0.25) is 0 Å². The quantitative estimate of drug-likeness (QED) is 0.687. The SMILES string of the molecule is CCc1ccc(NC(=O)[C@H]2CCn3c(C(=O)c4ccccc4)ccc32)cc1. The number of fused-ring (bicyclic) bond motifs is 1. The number of carbonyl (C=O) groups excluding carboxylic acids is 2. The Kier molecular flexibility index (Phi) is 4.63. The van der Waals surface area contributed by atoms with E-state index < -0.39 is 0 Å². The maximum Gasteiger partial charge on any atom is 0.233 e. The Labute approximate surface area is 158 Å². The summed E-state index contributed by atoms with van der Waals surface area (Å²) in [6.45, 7) is 2.79. The number of carbonyl (C=O) groups is 2. The van der Waals surface area contributed by atoms with Crippen LogP contribution in [0.25, 0.3) is 0 Å². The Hall–Kier alpha value is -3.14. The Morgan fingerprint density at radius 2 is 1.74 bits per heavy atom. The van der Waals surface area contributed by atoms with Gasteiger partial charge >= 0.3 is 0 Å². The highest BCUT2D eigenvalue weighted by Crippen LogP contribution is 2.32. The first-order chi connectivity index (χ1) is 13.2. The van der Waals surface area contributed by atoms with E-state index in [1.54, 1.807) is 0 Å². The number of hydrogen-bond acceptors (Lipinski definition) is 2. The third-order valence-corrected chi connectivity index (χ3v) is 5.23. The van der Waals surface area contributed by atoms with Crippen LogP contribution >= 0.6 is 0 Å². The first kappa shape index (κ1) is 17.3. The number of benzene rings is 2. The summed E-state index contributed by atoms with van der Waals surface area (Å²) in [4.78, 5) is 25.5. The van der Waals surface area contributed by atoms with Crippen LogP contribution in [0.4, 0.5) is 5.69 Å². The minimum Gasteiger partial charge on any atom is -0.341 e. The molecule has 1 amide bonds. The highest BCUT2D eigenvalue weighted by atomic mass is 16.2. The summed E-state index contributed by atoms with van der Waals surface area (Å²) in [5.74, 6) is -0.249. The number of aryl methyl sites for hydroxylation is 1. The van der Waals surface area contributed by atoms with Crippen molar-refractivity contribution in [2.75, 3.05) is 5.32 Å². The van der Waals surface area contributed by atoms with Gasteiger partial charge in [-0.05, 0) is 42.7 Å². The second-order valence-electron chi connectivity index (χ2n) is 6.87. The van der Waals surface area contributed by atoms with E-state index in [1.807, 2.05) is 71.3 Å². The summed E-state index contributed by atoms with van der Waals surface area (Å²) in [7, 11) is 0. The summed E-state index contributed by atoms with van der Waals surface area (Å²) >= 11 is 0. The molecule has 4 rings (SSSR count). The molecule has 0 bridgehead atoms. The van der Waals surface area contributed by atoms with Crippen molar-refractivity contribution in [3.05, 3.63) is 89.2 Å². The van der Waals surface area contributed by atoms with E-state index >= 15 is 0 Å². The highest BCUT2D eigenvalue weighted by molar-refractivity contribution is 6.08. The molecule has 3 aromatic rings. The second-order valence-corrected chi connectivity index (χ2v) is 6.87. The first-order valence-corrected chi connectivity index (χ1v) is 9.36. The van der Waals surface area contributed by atoms with E-state index in [0.717, 1.165) is 17.8 Å². The molecule has 0 saturated carbocycles. The lowest BCUT2D eigenvalue weighted by atomic mass is 10.0. The Morgan fingerprint density at radius 3 is 2.44 bits per heavy atom. The minimum atomic E-state index is -0.229. The van der Waals surface area contributed by atoms with Crippen LogP contribution in [0.3, 0.4) is 0 Å². The largest absolute Gasteiger partial charge is 0.341 e. The van der Waals surface area contributed by atoms with E-state index in [4.69, 9.17) is 0 Å². The van der Waals surface area contributed by atoms with Gasteiger partial charge in [0, 0.05) is 23.5 Å². The molecule has 0 fully saturated rings. The molecule has 1 aliphatic rings. The van der Waals surface area contributed by atoms with E-state index in [9.17, 15) is 9.59 Å². The predicted octanol–water partition coefficient (Wildman–Crippen LogP) is 4.41. The van der Waals surface area contributed by atoms with E-state index in [-0.39, 0.29) is 17.6 Å². The number of rotatable bonds is 5. The van der Waals surface area contributed by atoms with E-state index in [1.165, 1.54) is 5.56 Å². The van der Waals surface area contributed by atoms with Crippen LogP contribution in [0, 0.1) is 0 Å². The van der Waals surface area contributed by atoms with Crippen molar-refractivity contribution < 1.29 is 9.59 Å². The zero-order chi connectivity index (χ0) is 18.8. The molecule has 1 aromatic heterocycles. The van der Waals surface area contributed by atoms with Crippen LogP contribution in [0.1, 0.15) is 46.6 Å². The standard InChI is InChI=1S/C23H22N2O2/c1-2-16-8-10-18(11-9-16)24-23(27)19-14-15-25-20(19)12-13-21(25)22(26)17-6-4-3-5-7-17/h3-13,19H,2,14-15H2,1H3,(H,24,27)/t19-/m0/s1. The topological polar surface area (TPSA) is 51.1 Å². The number of ketones is 1. The predicted molar refractivity (Wildman–Crippen MR) is 106 cm³/mol. The zero-order valence-corrected chi connectivity index (χ0v) is 15.3. The summed E-state index contributed by atoms with van der Waals surface area (Å²) in [6, 6.07) is 20.9. The fourth-order valence-electron chi connectivity index (χ4n) is 3.70. The van der Waals surface area contributed by atoms with Gasteiger partial charge in [-0.2, -0.15) is 0 Å². The van der Waals surface area contributed by atoms with Crippen LogP contribution in [-0.4, -0.2) is 16.3 Å². The second kappa shape index (κ2) is 7.23. The number of hydrogen-bond donors (Lipinski definition) is 1. The van der Waals surface area contributed by atoms with Crippen LogP contribution in [-0.2, 0) is 17.8 Å². The molecule has 1 N–H and O–H groups in total. The van der Waals surface area contributed by atoms with Gasteiger partial charge in [0.15, 0.2) is 0 Å². The number of aromatic nitrogens is 1. The number of nitrogens with one attached hydrogen (secondary N) is 1. The van der Waals surface area contributed by atoms with Gasteiger partial charge in [-0.3, -0.25) is 9.59 Å². The van der Waals surface area contributed by atoms with Gasteiger partial charge in [-0.25, -0.2) is 0 Å². The third-order valence-electron chi connectivity index (χ3n) is 5.23. The maximum atomic E-state index is 12.8. The molecule has 2 aromatic carbocycles. The van der Waals surface area contributed by atoms with E-state index in [0.29, 0.717) is 24.2 Å². The third kappa shape index (κ3) is 3.31. The van der Waals surface area contributed by atoms with Gasteiger partial charge in [0.1, 0.15) is 0 Å². The Balaban J connectivity index is 1.53. The summed E-state index contributed by atoms with van der Waals surface area (Å²) in [6.07, 6.45) is 1.69. The number of anilines is 1. The molecule has 4 nitrogen and oxygen atoms in total. The molecule has 1 aliphatic heterocycles. The zero-order valence-electron chi connectivity index (χ0n) is 15.3. The summed E-state index contributed by atoms with van der Waals surface area (Å²) in [5.41, 5.74) is 4.28. The Morgan fingerprint density at radius 1 is 1.00 bits per heavy atom. The lowest BCUT2D eigenvalue weighted by molar-refractivity contribution is -0.117. The molecule has 1 atom stereocenters. The van der Waals surface area contributed by atoms with Gasteiger partial charge in [-0.15, -0.1) is 0 Å². The lowest BCUT2D eigenvalue weighted by Gasteiger charge is -2.11. The highest BCUT2D eigenvalue weighted by Gasteiger charge is 2.31. The molecule has 0 saturated heterocycles. The normalized spacial score (nSPS) is 15.4. The van der Waals surface area contributed by atoms with Gasteiger partial charge in [0.05, 0.1) is 11.6 Å². The van der Waals surface area contributed by atoms with Crippen LogP contribution < -0.4 is 5.32 Å². The molecule has 136 valence electrons. The molecule has 0 unspecified atom stereocenters. The smallest absolute Gasteiger partial charge is 0.233 e. The molecule has 0 aliphatic carbocycles. The van der Waals surface area contributed by atoms with Gasteiger partial charge in [0.2, 0.25) is 11.7 Å². The van der Waals surface area contributed by atoms with Gasteiger partial charge in [0.25, 0.3) is 0 Å². The molecular weight excluding hydrogens is 336 g/mol. The van der Waals surface area contributed by atoms with Crippen molar-refractivity contribution in [1.29, 1.82) is 0 Å². The lowest BCUT2D eigenvalue weighted by Crippen LogP contribution is -2.19. The van der Waals surface area contributed by atoms with Crippen molar-refractivity contribution in [2.24, 2.45) is 0 Å². The molecule has 0 spiro atoms. The fraction of sp³-hybridized carbons (Fsp3) is 0.217. The first-order valence-electron chi connectivity index (χ1n) is 9.36. The Bertz CT molecular complexity index is 971.